The number of hydrogen-bond donors (Lipinski definition) is 0. The van der Waals surface area contributed by atoms with Crippen molar-refractivity contribution in [3.05, 3.63) is 95.6 Å². The van der Waals surface area contributed by atoms with Crippen LogP contribution in [0.1, 0.15) is 28.4 Å². The topological polar surface area (TPSA) is 97.2 Å². The average Bonchev–Trinajstić information content (AvgIpc) is 3.10. The first-order valence-electron chi connectivity index (χ1n) is 11.7. The molecule has 0 aliphatic heterocycles. The molecule has 9 nitrogen and oxygen atoms in total. The molecule has 0 atom stereocenters. The van der Waals surface area contributed by atoms with Crippen molar-refractivity contribution >= 4 is 28.6 Å². The molecular weight excluding hydrogens is 586 g/mol. The molecule has 4 aromatic rings. The SMILES string of the molecule is CCOC(=O)c1cn(-c2ccc3c(c2)n(CC(F)(F)F)c(=O)n3C)c(=O)n(Cc2cccc(C(F)(F)F)c2Cl)c1=O. The van der Waals surface area contributed by atoms with Gasteiger partial charge in [0.1, 0.15) is 12.1 Å². The molecule has 0 aliphatic rings. The Kier molecular flexibility index (Phi) is 7.69. The number of aryl methyl sites for hydroxylation is 1. The molecule has 0 N–H and O–H groups in total. The van der Waals surface area contributed by atoms with Crippen molar-refractivity contribution in [1.82, 2.24) is 18.3 Å². The van der Waals surface area contributed by atoms with E-state index in [0.29, 0.717) is 15.2 Å². The lowest BCUT2D eigenvalue weighted by molar-refractivity contribution is -0.140. The largest absolute Gasteiger partial charge is 0.462 e. The van der Waals surface area contributed by atoms with Crippen LogP contribution in [-0.2, 0) is 31.1 Å². The first kappa shape index (κ1) is 29.7. The van der Waals surface area contributed by atoms with Crippen molar-refractivity contribution < 1.29 is 35.9 Å². The van der Waals surface area contributed by atoms with Gasteiger partial charge in [-0.3, -0.25) is 23.1 Å². The van der Waals surface area contributed by atoms with Gasteiger partial charge >= 0.3 is 29.7 Å². The maximum atomic E-state index is 13.5. The van der Waals surface area contributed by atoms with Crippen LogP contribution in [0.15, 0.2) is 57.0 Å². The summed E-state index contributed by atoms with van der Waals surface area (Å²) in [4.78, 5) is 51.7. The lowest BCUT2D eigenvalue weighted by Crippen LogP contribution is -2.42. The summed E-state index contributed by atoms with van der Waals surface area (Å²) < 4.78 is 87.2. The van der Waals surface area contributed by atoms with Crippen LogP contribution < -0.4 is 16.9 Å². The van der Waals surface area contributed by atoms with Crippen LogP contribution in [0, 0.1) is 0 Å². The van der Waals surface area contributed by atoms with Crippen molar-refractivity contribution in [2.24, 2.45) is 7.05 Å². The van der Waals surface area contributed by atoms with E-state index in [1.165, 1.54) is 26.1 Å². The van der Waals surface area contributed by atoms with Crippen molar-refractivity contribution in [2.75, 3.05) is 6.61 Å². The van der Waals surface area contributed by atoms with Crippen molar-refractivity contribution in [3.8, 4) is 5.69 Å². The van der Waals surface area contributed by atoms with Crippen LogP contribution in [0.4, 0.5) is 26.3 Å². The number of benzene rings is 2. The Morgan fingerprint density at radius 3 is 2.24 bits per heavy atom. The normalized spacial score (nSPS) is 12.2. The Hall–Kier alpha value is -4.27. The summed E-state index contributed by atoms with van der Waals surface area (Å²) >= 11 is 5.95. The molecule has 2 aromatic heterocycles. The zero-order valence-corrected chi connectivity index (χ0v) is 21.9. The fraction of sp³-hybridized carbons (Fsp3) is 0.280. The first-order chi connectivity index (χ1) is 19.0. The molecule has 0 spiro atoms. The average molecular weight is 605 g/mol. The Bertz CT molecular complexity index is 1850. The number of carbonyl (C=O) groups is 1. The van der Waals surface area contributed by atoms with E-state index in [9.17, 15) is 45.5 Å². The number of hydrogen-bond acceptors (Lipinski definition) is 5. The van der Waals surface area contributed by atoms with Crippen molar-refractivity contribution in [1.29, 1.82) is 0 Å². The summed E-state index contributed by atoms with van der Waals surface area (Å²) in [6.45, 7) is -1.15. The molecule has 0 unspecified atom stereocenters. The molecule has 0 bridgehead atoms. The Morgan fingerprint density at radius 2 is 1.63 bits per heavy atom. The number of esters is 1. The van der Waals surface area contributed by atoms with Gasteiger partial charge in [-0.1, -0.05) is 23.7 Å². The van der Waals surface area contributed by atoms with E-state index >= 15 is 0 Å². The summed E-state index contributed by atoms with van der Waals surface area (Å²) in [7, 11) is 1.25. The third-order valence-corrected chi connectivity index (χ3v) is 6.57. The maximum absolute atomic E-state index is 13.5. The van der Waals surface area contributed by atoms with E-state index in [1.54, 1.807) is 0 Å². The second kappa shape index (κ2) is 10.6. The lowest BCUT2D eigenvalue weighted by atomic mass is 10.1. The monoisotopic (exact) mass is 604 g/mol. The molecule has 16 heteroatoms. The highest BCUT2D eigenvalue weighted by molar-refractivity contribution is 6.32. The highest BCUT2D eigenvalue weighted by Gasteiger charge is 2.34. The van der Waals surface area contributed by atoms with Gasteiger partial charge in [0.15, 0.2) is 0 Å². The highest BCUT2D eigenvalue weighted by Crippen LogP contribution is 2.36. The second-order valence-electron chi connectivity index (χ2n) is 8.80. The van der Waals surface area contributed by atoms with Gasteiger partial charge in [-0.25, -0.2) is 14.4 Å². The van der Waals surface area contributed by atoms with Crippen LogP contribution in [0.5, 0.6) is 0 Å². The molecule has 0 saturated heterocycles. The Labute approximate surface area is 230 Å². The molecule has 2 heterocycles. The molecule has 0 radical (unpaired) electrons. The molecule has 218 valence electrons. The van der Waals surface area contributed by atoms with Gasteiger partial charge < -0.3 is 4.74 Å². The summed E-state index contributed by atoms with van der Waals surface area (Å²) in [5.41, 5.74) is -5.80. The van der Waals surface area contributed by atoms with Gasteiger partial charge in [0.25, 0.3) is 5.56 Å². The fourth-order valence-corrected chi connectivity index (χ4v) is 4.54. The van der Waals surface area contributed by atoms with Crippen LogP contribution in [0.2, 0.25) is 5.02 Å². The van der Waals surface area contributed by atoms with E-state index in [-0.39, 0.29) is 28.9 Å². The smallest absolute Gasteiger partial charge is 0.417 e. The van der Waals surface area contributed by atoms with Crippen LogP contribution >= 0.6 is 11.6 Å². The minimum absolute atomic E-state index is 0.0886. The summed E-state index contributed by atoms with van der Waals surface area (Å²) in [5.74, 6) is -1.16. The van der Waals surface area contributed by atoms with E-state index in [2.05, 4.69) is 0 Å². The van der Waals surface area contributed by atoms with Gasteiger partial charge in [-0.2, -0.15) is 26.3 Å². The number of fused-ring (bicyclic) bond motifs is 1. The molecule has 0 saturated carbocycles. The van der Waals surface area contributed by atoms with Crippen molar-refractivity contribution in [3.63, 3.8) is 0 Å². The number of carbonyl (C=O) groups excluding carboxylic acids is 1. The summed E-state index contributed by atoms with van der Waals surface area (Å²) in [5, 5.41) is -0.777. The first-order valence-corrected chi connectivity index (χ1v) is 12.1. The zero-order valence-electron chi connectivity index (χ0n) is 21.1. The third kappa shape index (κ3) is 5.66. The van der Waals surface area contributed by atoms with Gasteiger partial charge in [0.2, 0.25) is 0 Å². The molecule has 0 amide bonds. The molecule has 41 heavy (non-hydrogen) atoms. The molecular formula is C25H19ClF6N4O5. The number of rotatable bonds is 6. The Morgan fingerprint density at radius 1 is 0.951 bits per heavy atom. The second-order valence-corrected chi connectivity index (χ2v) is 9.18. The van der Waals surface area contributed by atoms with E-state index < -0.39 is 64.5 Å². The maximum Gasteiger partial charge on any atom is 0.417 e. The van der Waals surface area contributed by atoms with Gasteiger partial charge in [0, 0.05) is 13.2 Å². The predicted molar refractivity (Wildman–Crippen MR) is 135 cm³/mol. The predicted octanol–water partition coefficient (Wildman–Crippen LogP) is 4.11. The fourth-order valence-electron chi connectivity index (χ4n) is 4.25. The van der Waals surface area contributed by atoms with Gasteiger partial charge in [0.05, 0.1) is 40.5 Å². The van der Waals surface area contributed by atoms with E-state index in [1.807, 2.05) is 0 Å². The number of alkyl halides is 6. The minimum Gasteiger partial charge on any atom is -0.462 e. The third-order valence-electron chi connectivity index (χ3n) is 6.12. The number of halogens is 7. The molecule has 2 aromatic carbocycles. The number of imidazole rings is 1. The highest BCUT2D eigenvalue weighted by atomic mass is 35.5. The summed E-state index contributed by atoms with van der Waals surface area (Å²) in [6, 6.07) is 6.46. The lowest BCUT2D eigenvalue weighted by Gasteiger charge is -2.16. The van der Waals surface area contributed by atoms with Crippen LogP contribution in [-0.4, -0.2) is 37.0 Å². The zero-order chi connectivity index (χ0) is 30.4. The minimum atomic E-state index is -4.84. The van der Waals surface area contributed by atoms with E-state index in [0.717, 1.165) is 33.5 Å². The van der Waals surface area contributed by atoms with Crippen LogP contribution in [0.3, 0.4) is 0 Å². The van der Waals surface area contributed by atoms with E-state index in [4.69, 9.17) is 16.3 Å². The quantitative estimate of drug-likeness (QED) is 0.244. The number of nitrogens with zero attached hydrogens (tertiary/aromatic N) is 4. The number of ether oxygens (including phenoxy) is 1. The van der Waals surface area contributed by atoms with Gasteiger partial charge in [-0.15, -0.1) is 0 Å². The molecule has 4 rings (SSSR count). The van der Waals surface area contributed by atoms with Crippen molar-refractivity contribution in [2.45, 2.75) is 32.4 Å². The standard InChI is InChI=1S/C25H19ClF6N4O5/c1-3-41-21(38)15-11-34(14-7-8-17-18(9-14)36(12-24(27,28)29)22(39)33(17)2)23(40)35(20(15)37)10-13-5-4-6-16(19(13)26)25(30,31)32/h4-9,11H,3,10,12H2,1-2H3. The molecule has 0 fully saturated rings. The van der Waals surface area contributed by atoms with Gasteiger partial charge in [-0.05, 0) is 36.8 Å². The number of aromatic nitrogens is 4. The molecule has 0 aliphatic carbocycles. The summed E-state index contributed by atoms with van der Waals surface area (Å²) in [6.07, 6.45) is -8.80. The Balaban J connectivity index is 1.98. The van der Waals surface area contributed by atoms with Crippen LogP contribution in [0.25, 0.3) is 16.7 Å².